The van der Waals surface area contributed by atoms with Gasteiger partial charge in [-0.2, -0.15) is 0 Å². The van der Waals surface area contributed by atoms with E-state index in [9.17, 15) is 4.79 Å². The molecule has 0 fully saturated rings. The molecule has 176 valence electrons. The Hall–Kier alpha value is -3.80. The maximum Gasteiger partial charge on any atom is 0.251 e. The van der Waals surface area contributed by atoms with E-state index in [2.05, 4.69) is 48.0 Å². The number of carbonyl (C=O) groups is 1. The molecular formula is C28H31N3O3. The SMILES string of the molecule is COc1ccc(C(=O)NC(C)c2nc3ccccc3n2CCCOc2cc(C)cc(C)c2)cc1. The second-order valence-electron chi connectivity index (χ2n) is 8.56. The lowest BCUT2D eigenvalue weighted by Crippen LogP contribution is -2.28. The molecule has 0 saturated heterocycles. The van der Waals surface area contributed by atoms with E-state index in [1.807, 2.05) is 25.1 Å². The van der Waals surface area contributed by atoms with Gasteiger partial charge in [0, 0.05) is 12.1 Å². The van der Waals surface area contributed by atoms with E-state index in [0.29, 0.717) is 12.2 Å². The number of aryl methyl sites for hydroxylation is 3. The second-order valence-corrected chi connectivity index (χ2v) is 8.56. The molecule has 0 spiro atoms. The van der Waals surface area contributed by atoms with E-state index in [-0.39, 0.29) is 11.9 Å². The third kappa shape index (κ3) is 5.39. The fourth-order valence-corrected chi connectivity index (χ4v) is 4.18. The van der Waals surface area contributed by atoms with Crippen molar-refractivity contribution in [3.63, 3.8) is 0 Å². The van der Waals surface area contributed by atoms with Crippen LogP contribution in [0.4, 0.5) is 0 Å². The summed E-state index contributed by atoms with van der Waals surface area (Å²) in [5.74, 6) is 2.30. The molecule has 0 aliphatic rings. The number of ether oxygens (including phenoxy) is 2. The van der Waals surface area contributed by atoms with Gasteiger partial charge in [-0.15, -0.1) is 0 Å². The molecule has 1 amide bonds. The molecule has 0 aliphatic heterocycles. The summed E-state index contributed by atoms with van der Waals surface area (Å²) in [6.45, 7) is 7.45. The number of imidazole rings is 1. The van der Waals surface area contributed by atoms with E-state index < -0.39 is 0 Å². The molecule has 6 heteroatoms. The molecule has 34 heavy (non-hydrogen) atoms. The number of fused-ring (bicyclic) bond motifs is 1. The number of para-hydroxylation sites is 2. The number of benzene rings is 3. The molecule has 0 aliphatic carbocycles. The highest BCUT2D eigenvalue weighted by Gasteiger charge is 2.19. The summed E-state index contributed by atoms with van der Waals surface area (Å²) in [6.07, 6.45) is 0.819. The normalized spacial score (nSPS) is 11.9. The highest BCUT2D eigenvalue weighted by atomic mass is 16.5. The largest absolute Gasteiger partial charge is 0.497 e. The molecule has 1 heterocycles. The Morgan fingerprint density at radius 3 is 2.41 bits per heavy atom. The summed E-state index contributed by atoms with van der Waals surface area (Å²) >= 11 is 0. The minimum Gasteiger partial charge on any atom is -0.497 e. The standard InChI is InChI=1S/C28H31N3O3/c1-19-16-20(2)18-24(17-19)34-15-7-14-31-26-9-6-5-8-25(26)30-27(31)21(3)29-28(32)22-10-12-23(33-4)13-11-22/h5-6,8-13,16-18,21H,7,14-15H2,1-4H3,(H,29,32). The molecule has 3 aromatic carbocycles. The van der Waals surface area contributed by atoms with Gasteiger partial charge in [-0.3, -0.25) is 4.79 Å². The van der Waals surface area contributed by atoms with E-state index in [0.717, 1.165) is 41.3 Å². The van der Waals surface area contributed by atoms with Gasteiger partial charge in [-0.1, -0.05) is 18.2 Å². The van der Waals surface area contributed by atoms with Crippen LogP contribution in [0.3, 0.4) is 0 Å². The summed E-state index contributed by atoms with van der Waals surface area (Å²) in [6, 6.07) is 21.1. The number of rotatable bonds is 9. The number of aromatic nitrogens is 2. The maximum absolute atomic E-state index is 12.8. The zero-order valence-electron chi connectivity index (χ0n) is 20.2. The first-order valence-corrected chi connectivity index (χ1v) is 11.6. The molecule has 4 rings (SSSR count). The van der Waals surface area contributed by atoms with Crippen molar-refractivity contribution in [2.24, 2.45) is 0 Å². The summed E-state index contributed by atoms with van der Waals surface area (Å²) in [7, 11) is 1.61. The Balaban J connectivity index is 1.47. The third-order valence-corrected chi connectivity index (χ3v) is 5.76. The fourth-order valence-electron chi connectivity index (χ4n) is 4.18. The average molecular weight is 458 g/mol. The van der Waals surface area contributed by atoms with Crippen LogP contribution in [-0.2, 0) is 6.54 Å². The number of hydrogen-bond donors (Lipinski definition) is 1. The van der Waals surface area contributed by atoms with Crippen LogP contribution < -0.4 is 14.8 Å². The Morgan fingerprint density at radius 2 is 1.71 bits per heavy atom. The molecule has 1 unspecified atom stereocenters. The zero-order chi connectivity index (χ0) is 24.1. The highest BCUT2D eigenvalue weighted by Crippen LogP contribution is 2.22. The lowest BCUT2D eigenvalue weighted by molar-refractivity contribution is 0.0937. The van der Waals surface area contributed by atoms with Crippen LogP contribution in [0.15, 0.2) is 66.7 Å². The van der Waals surface area contributed by atoms with Crippen molar-refractivity contribution in [1.82, 2.24) is 14.9 Å². The monoisotopic (exact) mass is 457 g/mol. The predicted octanol–water partition coefficient (Wildman–Crippen LogP) is 5.62. The first-order chi connectivity index (χ1) is 16.4. The topological polar surface area (TPSA) is 65.4 Å². The van der Waals surface area contributed by atoms with E-state index in [4.69, 9.17) is 14.5 Å². The van der Waals surface area contributed by atoms with E-state index in [1.54, 1.807) is 31.4 Å². The van der Waals surface area contributed by atoms with Gasteiger partial charge in [-0.05, 0) is 86.8 Å². The van der Waals surface area contributed by atoms with Crippen LogP contribution in [-0.4, -0.2) is 29.2 Å². The van der Waals surface area contributed by atoms with Crippen LogP contribution >= 0.6 is 0 Å². The van der Waals surface area contributed by atoms with Crippen molar-refractivity contribution >= 4 is 16.9 Å². The van der Waals surface area contributed by atoms with Crippen molar-refractivity contribution in [2.45, 2.75) is 39.8 Å². The number of amides is 1. The van der Waals surface area contributed by atoms with Gasteiger partial charge in [0.25, 0.3) is 5.91 Å². The Bertz CT molecular complexity index is 1260. The van der Waals surface area contributed by atoms with Crippen LogP contribution in [0.25, 0.3) is 11.0 Å². The number of methoxy groups -OCH3 is 1. The van der Waals surface area contributed by atoms with Crippen molar-refractivity contribution in [1.29, 1.82) is 0 Å². The second kappa shape index (κ2) is 10.4. The van der Waals surface area contributed by atoms with E-state index >= 15 is 0 Å². The van der Waals surface area contributed by atoms with Crippen LogP contribution in [0.5, 0.6) is 11.5 Å². The Labute approximate surface area is 200 Å². The number of hydrogen-bond acceptors (Lipinski definition) is 4. The van der Waals surface area contributed by atoms with Crippen molar-refractivity contribution < 1.29 is 14.3 Å². The maximum atomic E-state index is 12.8. The smallest absolute Gasteiger partial charge is 0.251 e. The van der Waals surface area contributed by atoms with Gasteiger partial charge in [0.05, 0.1) is 30.8 Å². The minimum atomic E-state index is -0.262. The Morgan fingerprint density at radius 1 is 1.00 bits per heavy atom. The number of nitrogens with one attached hydrogen (secondary N) is 1. The third-order valence-electron chi connectivity index (χ3n) is 5.76. The van der Waals surface area contributed by atoms with Gasteiger partial charge >= 0.3 is 0 Å². The van der Waals surface area contributed by atoms with Crippen molar-refractivity contribution in [3.05, 3.63) is 89.2 Å². The average Bonchev–Trinajstić information content (AvgIpc) is 3.20. The molecule has 1 atom stereocenters. The van der Waals surface area contributed by atoms with E-state index in [1.165, 1.54) is 11.1 Å². The number of nitrogens with zero attached hydrogens (tertiary/aromatic N) is 2. The lowest BCUT2D eigenvalue weighted by atomic mass is 10.1. The van der Waals surface area contributed by atoms with Gasteiger partial charge in [0.1, 0.15) is 17.3 Å². The molecule has 6 nitrogen and oxygen atoms in total. The summed E-state index contributed by atoms with van der Waals surface area (Å²) < 4.78 is 13.4. The zero-order valence-corrected chi connectivity index (χ0v) is 20.2. The Kier molecular flexibility index (Phi) is 7.16. The van der Waals surface area contributed by atoms with Crippen LogP contribution in [0.1, 0.15) is 46.7 Å². The molecule has 1 N–H and O–H groups in total. The summed E-state index contributed by atoms with van der Waals surface area (Å²) in [5.41, 5.74) is 4.93. The fraction of sp³-hybridized carbons (Fsp3) is 0.286. The number of carbonyl (C=O) groups excluding carboxylic acids is 1. The van der Waals surface area contributed by atoms with Gasteiger partial charge < -0.3 is 19.4 Å². The summed E-state index contributed by atoms with van der Waals surface area (Å²) in [4.78, 5) is 17.7. The van der Waals surface area contributed by atoms with Gasteiger partial charge in [-0.25, -0.2) is 4.98 Å². The minimum absolute atomic E-state index is 0.146. The van der Waals surface area contributed by atoms with Gasteiger partial charge in [0.2, 0.25) is 0 Å². The molecule has 0 bridgehead atoms. The van der Waals surface area contributed by atoms with Crippen LogP contribution in [0.2, 0.25) is 0 Å². The quantitative estimate of drug-likeness (QED) is 0.331. The molecule has 1 aromatic heterocycles. The summed E-state index contributed by atoms with van der Waals surface area (Å²) in [5, 5.41) is 3.09. The van der Waals surface area contributed by atoms with Gasteiger partial charge in [0.15, 0.2) is 0 Å². The molecular weight excluding hydrogens is 426 g/mol. The molecule has 4 aromatic rings. The first-order valence-electron chi connectivity index (χ1n) is 11.6. The van der Waals surface area contributed by atoms with Crippen molar-refractivity contribution in [2.75, 3.05) is 13.7 Å². The highest BCUT2D eigenvalue weighted by molar-refractivity contribution is 5.94. The molecule has 0 radical (unpaired) electrons. The van der Waals surface area contributed by atoms with Crippen molar-refractivity contribution in [3.8, 4) is 11.5 Å². The molecule has 0 saturated carbocycles. The van der Waals surface area contributed by atoms with Crippen LogP contribution in [0, 0.1) is 13.8 Å². The predicted molar refractivity (Wildman–Crippen MR) is 135 cm³/mol. The first kappa shape index (κ1) is 23.4. The lowest BCUT2D eigenvalue weighted by Gasteiger charge is -2.17.